The van der Waals surface area contributed by atoms with E-state index in [-0.39, 0.29) is 18.0 Å². The molecule has 0 bridgehead atoms. The molecule has 1 aliphatic rings. The highest BCUT2D eigenvalue weighted by atomic mass is 16.5. The van der Waals surface area contributed by atoms with Crippen LogP contribution >= 0.6 is 0 Å². The Morgan fingerprint density at radius 1 is 1.29 bits per heavy atom. The maximum atomic E-state index is 12.2. The molecule has 1 aromatic heterocycles. The van der Waals surface area contributed by atoms with E-state index in [4.69, 9.17) is 4.74 Å². The van der Waals surface area contributed by atoms with Crippen molar-refractivity contribution in [1.82, 2.24) is 4.98 Å². The molecule has 0 N–H and O–H groups in total. The quantitative estimate of drug-likeness (QED) is 0.571. The average Bonchev–Trinajstić information content (AvgIpc) is 2.52. The topological polar surface area (TPSA) is 56.3 Å². The van der Waals surface area contributed by atoms with E-state index in [0.29, 0.717) is 18.6 Å². The monoisotopic (exact) mass is 285 g/mol. The molecular formula is C17H19NO3. The first kappa shape index (κ1) is 15.3. The van der Waals surface area contributed by atoms with Crippen LogP contribution in [0.1, 0.15) is 31.2 Å². The van der Waals surface area contributed by atoms with Crippen molar-refractivity contribution in [3.05, 3.63) is 47.8 Å². The second kappa shape index (κ2) is 7.64. The minimum absolute atomic E-state index is 0.0734. The van der Waals surface area contributed by atoms with E-state index in [1.54, 1.807) is 25.6 Å². The lowest BCUT2D eigenvalue weighted by Gasteiger charge is -2.12. The molecule has 1 heterocycles. The van der Waals surface area contributed by atoms with Crippen LogP contribution in [0.3, 0.4) is 0 Å². The van der Waals surface area contributed by atoms with E-state index in [1.165, 1.54) is 0 Å². The lowest BCUT2D eigenvalue weighted by atomic mass is 9.90. The van der Waals surface area contributed by atoms with E-state index >= 15 is 0 Å². The summed E-state index contributed by atoms with van der Waals surface area (Å²) in [4.78, 5) is 28.1. The molecule has 0 atom stereocenters. The van der Waals surface area contributed by atoms with E-state index < -0.39 is 0 Å². The van der Waals surface area contributed by atoms with Crippen molar-refractivity contribution < 1.29 is 14.3 Å². The number of carbonyl (C=O) groups is 2. The Balaban J connectivity index is 2.07. The van der Waals surface area contributed by atoms with Crippen molar-refractivity contribution in [3.63, 3.8) is 0 Å². The van der Waals surface area contributed by atoms with Gasteiger partial charge in [-0.15, -0.1) is 0 Å². The van der Waals surface area contributed by atoms with Crippen LogP contribution in [0.15, 0.2) is 42.3 Å². The highest BCUT2D eigenvalue weighted by Gasteiger charge is 2.21. The van der Waals surface area contributed by atoms with Crippen LogP contribution in [0.4, 0.5) is 0 Å². The first-order chi connectivity index (χ1) is 10.2. The molecule has 0 aromatic carbocycles. The van der Waals surface area contributed by atoms with Crippen LogP contribution in [0.2, 0.25) is 0 Å². The second-order valence-corrected chi connectivity index (χ2v) is 4.95. The average molecular weight is 285 g/mol. The minimum atomic E-state index is -0.0930. The number of methoxy groups -OCH3 is 1. The van der Waals surface area contributed by atoms with Gasteiger partial charge < -0.3 is 4.74 Å². The van der Waals surface area contributed by atoms with Gasteiger partial charge >= 0.3 is 0 Å². The summed E-state index contributed by atoms with van der Waals surface area (Å²) in [5.74, 6) is -0.166. The number of hydrogen-bond acceptors (Lipinski definition) is 4. The molecule has 4 heteroatoms. The number of Topliss-reactive ketones (excluding diaryl/α,β-unsaturated/α-hetero) is 2. The zero-order valence-corrected chi connectivity index (χ0v) is 12.2. The van der Waals surface area contributed by atoms with Crippen LogP contribution in [-0.4, -0.2) is 30.3 Å². The van der Waals surface area contributed by atoms with Crippen LogP contribution in [0.25, 0.3) is 5.57 Å². The molecule has 0 saturated heterocycles. The number of aromatic nitrogens is 1. The van der Waals surface area contributed by atoms with Gasteiger partial charge in [-0.05, 0) is 42.2 Å². The Kier molecular flexibility index (Phi) is 5.58. The number of ether oxygens (including phenoxy) is 1. The highest BCUT2D eigenvalue weighted by molar-refractivity contribution is 6.23. The molecule has 110 valence electrons. The molecule has 0 amide bonds. The number of ketones is 2. The molecule has 0 saturated carbocycles. The van der Waals surface area contributed by atoms with Crippen LogP contribution in [0.5, 0.6) is 0 Å². The van der Waals surface area contributed by atoms with Crippen molar-refractivity contribution in [2.75, 3.05) is 13.7 Å². The maximum absolute atomic E-state index is 12.2. The van der Waals surface area contributed by atoms with Gasteiger partial charge in [0.05, 0.1) is 5.57 Å². The fourth-order valence-corrected chi connectivity index (χ4v) is 2.26. The summed E-state index contributed by atoms with van der Waals surface area (Å²) in [6.07, 6.45) is 9.22. The predicted molar refractivity (Wildman–Crippen MR) is 80.7 cm³/mol. The molecular weight excluding hydrogens is 266 g/mol. The molecule has 4 nitrogen and oxygen atoms in total. The van der Waals surface area contributed by atoms with E-state index in [9.17, 15) is 9.59 Å². The Morgan fingerprint density at radius 2 is 2.05 bits per heavy atom. The molecule has 0 fully saturated rings. The van der Waals surface area contributed by atoms with Crippen LogP contribution in [0, 0.1) is 0 Å². The number of hydrogen-bond donors (Lipinski definition) is 0. The molecule has 0 radical (unpaired) electrons. The van der Waals surface area contributed by atoms with Gasteiger partial charge in [0, 0.05) is 39.0 Å². The third-order valence-electron chi connectivity index (χ3n) is 3.42. The van der Waals surface area contributed by atoms with Crippen LogP contribution < -0.4 is 0 Å². The molecule has 1 aliphatic carbocycles. The largest absolute Gasteiger partial charge is 0.385 e. The summed E-state index contributed by atoms with van der Waals surface area (Å²) in [6.45, 7) is 0.641. The van der Waals surface area contributed by atoms with Crippen LogP contribution in [-0.2, 0) is 14.3 Å². The van der Waals surface area contributed by atoms with Gasteiger partial charge in [0.1, 0.15) is 0 Å². The molecule has 0 unspecified atom stereocenters. The van der Waals surface area contributed by atoms with Gasteiger partial charge in [0.2, 0.25) is 0 Å². The van der Waals surface area contributed by atoms with Crippen molar-refractivity contribution in [3.8, 4) is 0 Å². The highest BCUT2D eigenvalue weighted by Crippen LogP contribution is 2.24. The molecule has 2 rings (SSSR count). The zero-order chi connectivity index (χ0) is 15.1. The van der Waals surface area contributed by atoms with Crippen molar-refractivity contribution >= 4 is 17.1 Å². The Bertz CT molecular complexity index is 573. The summed E-state index contributed by atoms with van der Waals surface area (Å²) in [5.41, 5.74) is 2.21. The lowest BCUT2D eigenvalue weighted by molar-refractivity contribution is -0.121. The smallest absolute Gasteiger partial charge is 0.170 e. The number of carbonyl (C=O) groups excluding carboxylic acids is 2. The zero-order valence-electron chi connectivity index (χ0n) is 12.2. The summed E-state index contributed by atoms with van der Waals surface area (Å²) >= 11 is 0. The van der Waals surface area contributed by atoms with E-state index in [1.807, 2.05) is 18.2 Å². The molecule has 21 heavy (non-hydrogen) atoms. The van der Waals surface area contributed by atoms with Crippen molar-refractivity contribution in [2.45, 2.75) is 25.7 Å². The normalized spacial score (nSPS) is 14.6. The van der Waals surface area contributed by atoms with Crippen molar-refractivity contribution in [2.24, 2.45) is 0 Å². The summed E-state index contributed by atoms with van der Waals surface area (Å²) < 4.78 is 4.96. The van der Waals surface area contributed by atoms with Gasteiger partial charge in [-0.1, -0.05) is 6.08 Å². The summed E-state index contributed by atoms with van der Waals surface area (Å²) in [7, 11) is 1.64. The van der Waals surface area contributed by atoms with Gasteiger partial charge in [0.25, 0.3) is 0 Å². The Morgan fingerprint density at radius 3 is 2.76 bits per heavy atom. The summed E-state index contributed by atoms with van der Waals surface area (Å²) in [6, 6.07) is 3.75. The van der Waals surface area contributed by atoms with Gasteiger partial charge in [-0.25, -0.2) is 0 Å². The van der Waals surface area contributed by atoms with E-state index in [0.717, 1.165) is 24.0 Å². The summed E-state index contributed by atoms with van der Waals surface area (Å²) in [5, 5.41) is 0. The predicted octanol–water partition coefficient (Wildman–Crippen LogP) is 2.75. The third kappa shape index (κ3) is 4.20. The first-order valence-corrected chi connectivity index (χ1v) is 7.10. The minimum Gasteiger partial charge on any atom is -0.385 e. The van der Waals surface area contributed by atoms with Crippen molar-refractivity contribution in [1.29, 1.82) is 0 Å². The number of pyridine rings is 1. The first-order valence-electron chi connectivity index (χ1n) is 7.10. The van der Waals surface area contributed by atoms with Gasteiger partial charge in [-0.2, -0.15) is 0 Å². The fraction of sp³-hybridized carbons (Fsp3) is 0.353. The lowest BCUT2D eigenvalue weighted by Crippen LogP contribution is -2.15. The Labute approximate surface area is 124 Å². The number of nitrogens with zero attached hydrogens (tertiary/aromatic N) is 1. The van der Waals surface area contributed by atoms with Gasteiger partial charge in [-0.3, -0.25) is 14.6 Å². The number of unbranched alkanes of at least 4 members (excludes halogenated alkanes) is 1. The molecule has 0 spiro atoms. The molecule has 1 aromatic rings. The third-order valence-corrected chi connectivity index (χ3v) is 3.42. The second-order valence-electron chi connectivity index (χ2n) is 4.95. The maximum Gasteiger partial charge on any atom is 0.170 e. The SMILES string of the molecule is COCCCCC(=O)C1=CC(c2ccncc2)=CCC1=O. The number of allylic oxidation sites excluding steroid dienone is 4. The Hall–Kier alpha value is -2.07. The fourth-order valence-electron chi connectivity index (χ4n) is 2.26. The van der Waals surface area contributed by atoms with Gasteiger partial charge in [0.15, 0.2) is 11.6 Å². The molecule has 0 aliphatic heterocycles. The number of rotatable bonds is 7. The standard InChI is InChI=1S/C17H19NO3/c1-21-11-3-2-4-16(19)15-12-14(5-6-17(15)20)13-7-9-18-10-8-13/h5,7-10,12H,2-4,6,11H2,1H3. The van der Waals surface area contributed by atoms with E-state index in [2.05, 4.69) is 4.98 Å².